The van der Waals surface area contributed by atoms with E-state index in [1.165, 1.54) is 29.5 Å². The van der Waals surface area contributed by atoms with Crippen molar-refractivity contribution in [3.63, 3.8) is 0 Å². The molecule has 0 aliphatic carbocycles. The number of anilines is 1. The fourth-order valence-corrected chi connectivity index (χ4v) is 4.02. The Labute approximate surface area is 167 Å². The molecule has 28 heavy (non-hydrogen) atoms. The predicted octanol–water partition coefficient (Wildman–Crippen LogP) is 4.49. The molecule has 1 aromatic heterocycles. The van der Waals surface area contributed by atoms with Gasteiger partial charge in [0.1, 0.15) is 17.2 Å². The molecule has 0 bridgehead atoms. The Hall–Kier alpha value is -2.38. The molecule has 3 aromatic rings. The van der Waals surface area contributed by atoms with E-state index >= 15 is 0 Å². The fraction of sp³-hybridized carbons (Fsp3) is 0.333. The summed E-state index contributed by atoms with van der Waals surface area (Å²) in [6, 6.07) is 10.7. The van der Waals surface area contributed by atoms with Crippen LogP contribution < -0.4 is 4.90 Å². The summed E-state index contributed by atoms with van der Waals surface area (Å²) in [5, 5.41) is 0.486. The summed E-state index contributed by atoms with van der Waals surface area (Å²) in [6.45, 7) is 7.06. The Kier molecular flexibility index (Phi) is 6.70. The van der Waals surface area contributed by atoms with E-state index in [0.29, 0.717) is 22.9 Å². The molecule has 0 saturated heterocycles. The number of likely N-dealkylation sites (N-methyl/N-ethyl adjacent to an activating group) is 1. The summed E-state index contributed by atoms with van der Waals surface area (Å²) < 4.78 is 27.9. The zero-order chi connectivity index (χ0) is 20.1. The van der Waals surface area contributed by atoms with Crippen molar-refractivity contribution >= 4 is 32.6 Å². The lowest BCUT2D eigenvalue weighted by molar-refractivity contribution is -0.118. The van der Waals surface area contributed by atoms with Crippen LogP contribution in [0.1, 0.15) is 19.4 Å². The van der Waals surface area contributed by atoms with Gasteiger partial charge in [-0.2, -0.15) is 0 Å². The highest BCUT2D eigenvalue weighted by Crippen LogP contribution is 2.30. The van der Waals surface area contributed by atoms with Crippen molar-refractivity contribution in [1.82, 2.24) is 9.88 Å². The average molecular weight is 403 g/mol. The van der Waals surface area contributed by atoms with E-state index in [9.17, 15) is 13.6 Å². The number of para-hydroxylation sites is 1. The van der Waals surface area contributed by atoms with Crippen molar-refractivity contribution in [2.24, 2.45) is 0 Å². The van der Waals surface area contributed by atoms with Crippen LogP contribution in [0.2, 0.25) is 0 Å². The van der Waals surface area contributed by atoms with E-state index in [-0.39, 0.29) is 23.7 Å². The number of rotatable bonds is 8. The van der Waals surface area contributed by atoms with Gasteiger partial charge in [-0.1, -0.05) is 43.4 Å². The number of carbonyl (C=O) groups excluding carboxylic acids is 1. The number of amides is 1. The van der Waals surface area contributed by atoms with Gasteiger partial charge >= 0.3 is 0 Å². The number of halogens is 2. The van der Waals surface area contributed by atoms with E-state index < -0.39 is 5.82 Å². The summed E-state index contributed by atoms with van der Waals surface area (Å²) in [6.07, 6.45) is 0.136. The molecule has 4 nitrogen and oxygen atoms in total. The van der Waals surface area contributed by atoms with Crippen molar-refractivity contribution in [1.29, 1.82) is 0 Å². The van der Waals surface area contributed by atoms with E-state index in [2.05, 4.69) is 23.7 Å². The molecule has 0 aliphatic heterocycles. The lowest BCUT2D eigenvalue weighted by Crippen LogP contribution is -2.39. The minimum atomic E-state index is -0.394. The van der Waals surface area contributed by atoms with Crippen LogP contribution in [0.15, 0.2) is 42.5 Å². The van der Waals surface area contributed by atoms with Crippen molar-refractivity contribution in [3.05, 3.63) is 59.7 Å². The van der Waals surface area contributed by atoms with Crippen molar-refractivity contribution in [2.75, 3.05) is 31.1 Å². The zero-order valence-corrected chi connectivity index (χ0v) is 16.8. The Morgan fingerprint density at radius 1 is 1.04 bits per heavy atom. The second kappa shape index (κ2) is 9.21. The number of aromatic nitrogens is 1. The number of thiazole rings is 1. The van der Waals surface area contributed by atoms with Gasteiger partial charge < -0.3 is 4.90 Å². The van der Waals surface area contributed by atoms with Crippen LogP contribution in [0.5, 0.6) is 0 Å². The number of hydrogen-bond donors (Lipinski definition) is 0. The Morgan fingerprint density at radius 2 is 1.75 bits per heavy atom. The molecule has 0 radical (unpaired) electrons. The summed E-state index contributed by atoms with van der Waals surface area (Å²) in [5.74, 6) is -0.871. The van der Waals surface area contributed by atoms with Crippen LogP contribution in [0.4, 0.5) is 13.9 Å². The highest BCUT2D eigenvalue weighted by molar-refractivity contribution is 7.22. The Balaban J connectivity index is 1.87. The lowest BCUT2D eigenvalue weighted by atomic mass is 10.1. The lowest BCUT2D eigenvalue weighted by Gasteiger charge is -2.24. The molecule has 0 N–H and O–H groups in total. The first-order chi connectivity index (χ1) is 13.5. The molecule has 0 unspecified atom stereocenters. The zero-order valence-electron chi connectivity index (χ0n) is 16.0. The summed E-state index contributed by atoms with van der Waals surface area (Å²) in [4.78, 5) is 21.3. The van der Waals surface area contributed by atoms with Gasteiger partial charge in [0.15, 0.2) is 5.13 Å². The minimum Gasteiger partial charge on any atom is -0.302 e. The van der Waals surface area contributed by atoms with Crippen LogP contribution in [0.3, 0.4) is 0 Å². The standard InChI is InChI=1S/C21H23F2N3OS/c1-3-25(4-2)12-13-26(19(27)14-15-8-10-16(22)11-9-15)21-24-20-17(23)6-5-7-18(20)28-21/h5-11H,3-4,12-14H2,1-2H3. The Morgan fingerprint density at radius 3 is 2.39 bits per heavy atom. The molecule has 0 saturated carbocycles. The molecular formula is C21H23F2N3OS. The van der Waals surface area contributed by atoms with Crippen LogP contribution in [0.25, 0.3) is 10.2 Å². The SMILES string of the molecule is CCN(CC)CCN(C(=O)Cc1ccc(F)cc1)c1nc2c(F)cccc2s1. The molecule has 0 aliphatic rings. The van der Waals surface area contributed by atoms with Gasteiger partial charge in [0, 0.05) is 13.1 Å². The van der Waals surface area contributed by atoms with E-state index in [0.717, 1.165) is 18.7 Å². The van der Waals surface area contributed by atoms with Crippen LogP contribution in [0, 0.1) is 11.6 Å². The maximum absolute atomic E-state index is 14.1. The number of benzene rings is 2. The second-order valence-electron chi connectivity index (χ2n) is 6.46. The van der Waals surface area contributed by atoms with Crippen LogP contribution in [-0.4, -0.2) is 42.0 Å². The van der Waals surface area contributed by atoms with Gasteiger partial charge in [0.05, 0.1) is 11.1 Å². The van der Waals surface area contributed by atoms with E-state index in [1.54, 1.807) is 29.2 Å². The molecular weight excluding hydrogens is 380 g/mol. The number of fused-ring (bicyclic) bond motifs is 1. The van der Waals surface area contributed by atoms with Crippen molar-refractivity contribution < 1.29 is 13.6 Å². The first-order valence-electron chi connectivity index (χ1n) is 9.34. The maximum atomic E-state index is 14.1. The van der Waals surface area contributed by atoms with Gasteiger partial charge in [0.25, 0.3) is 0 Å². The molecule has 1 amide bonds. The number of nitrogens with zero attached hydrogens (tertiary/aromatic N) is 3. The predicted molar refractivity (Wildman–Crippen MR) is 110 cm³/mol. The molecule has 3 rings (SSSR count). The van der Waals surface area contributed by atoms with Crippen molar-refractivity contribution in [2.45, 2.75) is 20.3 Å². The summed E-state index contributed by atoms with van der Waals surface area (Å²) in [7, 11) is 0. The molecule has 148 valence electrons. The van der Waals surface area contributed by atoms with Crippen LogP contribution in [-0.2, 0) is 11.2 Å². The topological polar surface area (TPSA) is 36.4 Å². The van der Waals surface area contributed by atoms with Gasteiger partial charge in [-0.05, 0) is 42.9 Å². The van der Waals surface area contributed by atoms with Gasteiger partial charge in [-0.3, -0.25) is 9.69 Å². The second-order valence-corrected chi connectivity index (χ2v) is 7.47. The van der Waals surface area contributed by atoms with E-state index in [4.69, 9.17) is 0 Å². The normalized spacial score (nSPS) is 11.3. The highest BCUT2D eigenvalue weighted by atomic mass is 32.1. The average Bonchev–Trinajstić information content (AvgIpc) is 3.12. The first kappa shape index (κ1) is 20.4. The van der Waals surface area contributed by atoms with Gasteiger partial charge in [-0.25, -0.2) is 13.8 Å². The van der Waals surface area contributed by atoms with Gasteiger partial charge in [0.2, 0.25) is 5.91 Å². The highest BCUT2D eigenvalue weighted by Gasteiger charge is 2.21. The summed E-state index contributed by atoms with van der Waals surface area (Å²) in [5.41, 5.74) is 1.01. The van der Waals surface area contributed by atoms with Crippen LogP contribution >= 0.6 is 11.3 Å². The molecule has 2 aromatic carbocycles. The molecule has 7 heteroatoms. The van der Waals surface area contributed by atoms with E-state index in [1.807, 2.05) is 0 Å². The third kappa shape index (κ3) is 4.72. The maximum Gasteiger partial charge on any atom is 0.233 e. The first-order valence-corrected chi connectivity index (χ1v) is 10.2. The minimum absolute atomic E-state index is 0.136. The number of hydrogen-bond acceptors (Lipinski definition) is 4. The smallest absolute Gasteiger partial charge is 0.233 e. The molecule has 0 fully saturated rings. The fourth-order valence-electron chi connectivity index (χ4n) is 3.00. The monoisotopic (exact) mass is 403 g/mol. The quantitative estimate of drug-likeness (QED) is 0.556. The van der Waals surface area contributed by atoms with Crippen molar-refractivity contribution in [3.8, 4) is 0 Å². The molecule has 0 spiro atoms. The third-order valence-electron chi connectivity index (χ3n) is 4.69. The molecule has 0 atom stereocenters. The Bertz CT molecular complexity index is 938. The largest absolute Gasteiger partial charge is 0.302 e. The summed E-state index contributed by atoms with van der Waals surface area (Å²) >= 11 is 1.30. The molecule has 1 heterocycles. The van der Waals surface area contributed by atoms with Gasteiger partial charge in [-0.15, -0.1) is 0 Å². The number of carbonyl (C=O) groups is 1. The third-order valence-corrected chi connectivity index (χ3v) is 5.74.